The maximum absolute atomic E-state index is 4.41. The number of halogens is 1. The van der Waals surface area contributed by atoms with E-state index in [0.29, 0.717) is 0 Å². The van der Waals surface area contributed by atoms with Crippen LogP contribution in [0.2, 0.25) is 0 Å². The zero-order chi connectivity index (χ0) is 4.83. The van der Waals surface area contributed by atoms with E-state index in [-0.39, 0.29) is 12.4 Å². The van der Waals surface area contributed by atoms with Crippen molar-refractivity contribution in [2.45, 2.75) is 19.8 Å². The van der Waals surface area contributed by atoms with Gasteiger partial charge >= 0.3 is 46.0 Å². The molecular formula is C4H9ClNiO. The fourth-order valence-electron chi connectivity index (χ4n) is 0.190. The summed E-state index contributed by atoms with van der Waals surface area (Å²) >= 11 is 3.97. The van der Waals surface area contributed by atoms with Gasteiger partial charge in [-0.3, -0.25) is 0 Å². The Bertz CT molecular complexity index is 23.7. The Morgan fingerprint density at radius 3 is 2.29 bits per heavy atom. The van der Waals surface area contributed by atoms with Crippen molar-refractivity contribution < 1.29 is 32.1 Å². The molecule has 0 fully saturated rings. The van der Waals surface area contributed by atoms with Crippen LogP contribution in [0.25, 0.3) is 0 Å². The van der Waals surface area contributed by atoms with Gasteiger partial charge in [0.15, 0.2) is 0 Å². The molecule has 0 aromatic heterocycles. The first-order chi connectivity index (χ1) is 2.91. The molecule has 7 heavy (non-hydrogen) atoms. The summed E-state index contributed by atoms with van der Waals surface area (Å²) in [7, 11) is 0. The molecule has 0 heterocycles. The molecule has 0 aliphatic heterocycles. The van der Waals surface area contributed by atoms with E-state index < -0.39 is 0 Å². The summed E-state index contributed by atoms with van der Waals surface area (Å²) < 4.78 is 4.41. The van der Waals surface area contributed by atoms with Gasteiger partial charge in [-0.2, -0.15) is 0 Å². The largest absolute Gasteiger partial charge is 1.00 e. The molecule has 0 amide bonds. The Morgan fingerprint density at radius 1 is 1.57 bits per heavy atom. The first kappa shape index (κ1) is 10.7. The summed E-state index contributed by atoms with van der Waals surface area (Å²) in [5, 5.41) is 0. The van der Waals surface area contributed by atoms with Gasteiger partial charge in [0, 0.05) is 0 Å². The number of hydrogen-bond donors (Lipinski definition) is 0. The van der Waals surface area contributed by atoms with Gasteiger partial charge < -0.3 is 12.4 Å². The van der Waals surface area contributed by atoms with Crippen LogP contribution in [-0.2, 0) is 19.7 Å². The van der Waals surface area contributed by atoms with Gasteiger partial charge in [-0.05, 0) is 0 Å². The minimum Gasteiger partial charge on any atom is -1.00 e. The van der Waals surface area contributed by atoms with Crippen LogP contribution in [0.1, 0.15) is 19.8 Å². The maximum Gasteiger partial charge on any atom is -1.00 e. The van der Waals surface area contributed by atoms with E-state index in [2.05, 4.69) is 26.6 Å². The fourth-order valence-corrected chi connectivity index (χ4v) is 0.333. The predicted molar refractivity (Wildman–Crippen MR) is 20.9 cm³/mol. The van der Waals surface area contributed by atoms with Crippen LogP contribution >= 0.6 is 0 Å². The first-order valence-electron chi connectivity index (χ1n) is 2.12. The van der Waals surface area contributed by atoms with Crippen LogP contribution in [0.4, 0.5) is 0 Å². The third kappa shape index (κ3) is 10.8. The van der Waals surface area contributed by atoms with Crippen LogP contribution in [0.5, 0.6) is 0 Å². The molecule has 0 N–H and O–H groups in total. The van der Waals surface area contributed by atoms with Crippen molar-refractivity contribution in [3.63, 3.8) is 0 Å². The monoisotopic (exact) mass is 166 g/mol. The Hall–Kier alpha value is 0.744. The normalized spacial score (nSPS) is 7.86. The van der Waals surface area contributed by atoms with Gasteiger partial charge in [0.25, 0.3) is 0 Å². The van der Waals surface area contributed by atoms with Crippen LogP contribution in [0.3, 0.4) is 0 Å². The van der Waals surface area contributed by atoms with Crippen molar-refractivity contribution in [2.24, 2.45) is 0 Å². The van der Waals surface area contributed by atoms with E-state index in [9.17, 15) is 0 Å². The van der Waals surface area contributed by atoms with E-state index in [1.165, 1.54) is 6.42 Å². The zero-order valence-corrected chi connectivity index (χ0v) is 5.97. The van der Waals surface area contributed by atoms with E-state index >= 15 is 0 Å². The van der Waals surface area contributed by atoms with Crippen molar-refractivity contribution >= 4 is 0 Å². The fraction of sp³-hybridized carbons (Fsp3) is 1.00. The minimum atomic E-state index is 0. The van der Waals surface area contributed by atoms with Crippen molar-refractivity contribution in [3.05, 3.63) is 0 Å². The SMILES string of the molecule is CCCC[O][Ni+].[Cl-]. The molecule has 48 valence electrons. The molecule has 1 nitrogen and oxygen atoms in total. The standard InChI is InChI=1S/C4H9O.ClH.Ni/c1-2-3-4-5;;/h2-4H2,1H3;1H;/q-1;;+2/p-1. The van der Waals surface area contributed by atoms with Crippen LogP contribution < -0.4 is 12.4 Å². The molecule has 0 aromatic rings. The third-order valence-electron chi connectivity index (χ3n) is 0.562. The molecule has 0 aliphatic rings. The average Bonchev–Trinajstić information content (AvgIpc) is 1.61. The number of unbranched alkanes of at least 4 members (excludes halogenated alkanes) is 1. The van der Waals surface area contributed by atoms with E-state index in [1.807, 2.05) is 0 Å². The first-order valence-corrected chi connectivity index (χ1v) is 2.53. The van der Waals surface area contributed by atoms with E-state index in [1.54, 1.807) is 0 Å². The van der Waals surface area contributed by atoms with Crippen molar-refractivity contribution in [1.82, 2.24) is 0 Å². The Balaban J connectivity index is 0. The predicted octanol–water partition coefficient (Wildman–Crippen LogP) is -1.73. The van der Waals surface area contributed by atoms with Gasteiger partial charge in [0.05, 0.1) is 0 Å². The number of hydrogen-bond acceptors (Lipinski definition) is 1. The zero-order valence-electron chi connectivity index (χ0n) is 4.22. The van der Waals surface area contributed by atoms with Crippen LogP contribution in [-0.4, -0.2) is 6.61 Å². The molecule has 3 heteroatoms. The smallest absolute Gasteiger partial charge is 1.00 e. The summed E-state index contributed by atoms with van der Waals surface area (Å²) in [6, 6.07) is 0. The van der Waals surface area contributed by atoms with Crippen molar-refractivity contribution in [2.75, 3.05) is 6.61 Å². The van der Waals surface area contributed by atoms with Crippen molar-refractivity contribution in [3.8, 4) is 0 Å². The molecule has 0 radical (unpaired) electrons. The second-order valence-electron chi connectivity index (χ2n) is 1.15. The summed E-state index contributed by atoms with van der Waals surface area (Å²) in [5.74, 6) is 0. The maximum atomic E-state index is 4.41. The Morgan fingerprint density at radius 2 is 2.14 bits per heavy atom. The van der Waals surface area contributed by atoms with Crippen molar-refractivity contribution in [1.29, 1.82) is 0 Å². The van der Waals surface area contributed by atoms with Crippen LogP contribution in [0, 0.1) is 0 Å². The Labute approximate surface area is 58.9 Å². The average molecular weight is 167 g/mol. The quantitative estimate of drug-likeness (QED) is 0.358. The van der Waals surface area contributed by atoms with Gasteiger partial charge in [0.2, 0.25) is 0 Å². The van der Waals surface area contributed by atoms with E-state index in [4.69, 9.17) is 0 Å². The molecule has 0 unspecified atom stereocenters. The number of rotatable bonds is 3. The summed E-state index contributed by atoms with van der Waals surface area (Å²) in [6.45, 7) is 2.86. The topological polar surface area (TPSA) is 9.23 Å². The summed E-state index contributed by atoms with van der Waals surface area (Å²) in [6.07, 6.45) is 2.27. The van der Waals surface area contributed by atoms with Gasteiger partial charge in [-0.15, -0.1) is 0 Å². The molecule has 0 saturated heterocycles. The Kier molecular flexibility index (Phi) is 15.1. The summed E-state index contributed by atoms with van der Waals surface area (Å²) in [5.41, 5.74) is 0. The second-order valence-corrected chi connectivity index (χ2v) is 1.43. The molecule has 0 atom stereocenters. The van der Waals surface area contributed by atoms with Gasteiger partial charge in [0.1, 0.15) is 0 Å². The minimum absolute atomic E-state index is 0. The van der Waals surface area contributed by atoms with Gasteiger partial charge in [-0.1, -0.05) is 0 Å². The van der Waals surface area contributed by atoms with Crippen LogP contribution in [0.15, 0.2) is 0 Å². The molecule has 0 saturated carbocycles. The molecular weight excluding hydrogens is 158 g/mol. The molecule has 0 aromatic carbocycles. The molecule has 0 bridgehead atoms. The molecule has 0 aliphatic carbocycles. The summed E-state index contributed by atoms with van der Waals surface area (Å²) in [4.78, 5) is 0. The van der Waals surface area contributed by atoms with Gasteiger partial charge in [-0.25, -0.2) is 0 Å². The van der Waals surface area contributed by atoms with E-state index in [0.717, 1.165) is 13.0 Å². The third-order valence-corrected chi connectivity index (χ3v) is 0.764. The molecule has 0 rings (SSSR count). The second kappa shape index (κ2) is 9.89. The molecule has 0 spiro atoms.